The highest BCUT2D eigenvalue weighted by Gasteiger charge is 2.17. The van der Waals surface area contributed by atoms with E-state index in [1.165, 1.54) is 0 Å². The van der Waals surface area contributed by atoms with Gasteiger partial charge in [-0.25, -0.2) is 4.79 Å². The fourth-order valence-corrected chi connectivity index (χ4v) is 1.83. The van der Waals surface area contributed by atoms with Gasteiger partial charge in [0.15, 0.2) is 0 Å². The van der Waals surface area contributed by atoms with Gasteiger partial charge < -0.3 is 9.47 Å². The van der Waals surface area contributed by atoms with Crippen LogP contribution in [0.3, 0.4) is 0 Å². The van der Waals surface area contributed by atoms with Gasteiger partial charge in [-0.1, -0.05) is 19.9 Å². The predicted molar refractivity (Wildman–Crippen MR) is 78.9 cm³/mol. The van der Waals surface area contributed by atoms with Crippen LogP contribution in [0.1, 0.15) is 39.5 Å². The summed E-state index contributed by atoms with van der Waals surface area (Å²) in [6.07, 6.45) is 4.82. The number of carbonyl (C=O) groups is 2. The van der Waals surface area contributed by atoms with Crippen LogP contribution in [0.4, 0.5) is 0 Å². The number of carbonyl (C=O) groups excluding carboxylic acids is 2. The SMILES string of the molecule is C=C(C)C(=O)OCCOC(=O)C(CC)CCCCP. The fraction of sp³-hybridized carbons (Fsp3) is 0.714. The third kappa shape index (κ3) is 8.77. The lowest BCUT2D eigenvalue weighted by atomic mass is 10.00. The Bertz CT molecular complexity index is 302. The second-order valence-corrected chi connectivity index (χ2v) is 5.05. The molecule has 0 aliphatic heterocycles. The van der Waals surface area contributed by atoms with E-state index in [-0.39, 0.29) is 25.1 Å². The molecule has 0 aromatic heterocycles. The summed E-state index contributed by atoms with van der Waals surface area (Å²) in [5.41, 5.74) is 0.343. The van der Waals surface area contributed by atoms with Gasteiger partial charge in [0.05, 0.1) is 5.92 Å². The molecule has 0 saturated heterocycles. The molecule has 0 bridgehead atoms. The van der Waals surface area contributed by atoms with Gasteiger partial charge in [-0.3, -0.25) is 4.79 Å². The Kier molecular flexibility index (Phi) is 10.5. The van der Waals surface area contributed by atoms with E-state index >= 15 is 0 Å². The Morgan fingerprint density at radius 2 is 1.84 bits per heavy atom. The molecule has 2 atom stereocenters. The van der Waals surface area contributed by atoms with E-state index in [0.717, 1.165) is 31.8 Å². The molecule has 4 nitrogen and oxygen atoms in total. The van der Waals surface area contributed by atoms with Crippen molar-refractivity contribution in [1.82, 2.24) is 0 Å². The van der Waals surface area contributed by atoms with Gasteiger partial charge >= 0.3 is 11.9 Å². The highest BCUT2D eigenvalue weighted by atomic mass is 31.0. The number of unbranched alkanes of at least 4 members (excludes halogenated alkanes) is 1. The quantitative estimate of drug-likeness (QED) is 0.268. The third-order valence-corrected chi connectivity index (χ3v) is 3.15. The molecule has 0 fully saturated rings. The predicted octanol–water partition coefficient (Wildman–Crippen LogP) is 2.72. The summed E-state index contributed by atoms with van der Waals surface area (Å²) in [4.78, 5) is 22.8. The van der Waals surface area contributed by atoms with E-state index in [1.807, 2.05) is 6.92 Å². The molecule has 0 rings (SSSR count). The normalized spacial score (nSPS) is 11.7. The minimum atomic E-state index is -0.455. The smallest absolute Gasteiger partial charge is 0.333 e. The molecule has 0 aliphatic carbocycles. The van der Waals surface area contributed by atoms with Gasteiger partial charge in [0.25, 0.3) is 0 Å². The average molecular weight is 288 g/mol. The molecule has 2 unspecified atom stereocenters. The van der Waals surface area contributed by atoms with Crippen molar-refractivity contribution in [1.29, 1.82) is 0 Å². The van der Waals surface area contributed by atoms with E-state index in [9.17, 15) is 9.59 Å². The Morgan fingerprint density at radius 1 is 1.21 bits per heavy atom. The first-order chi connectivity index (χ1) is 9.02. The van der Waals surface area contributed by atoms with E-state index in [0.29, 0.717) is 5.57 Å². The van der Waals surface area contributed by atoms with Crippen LogP contribution in [-0.4, -0.2) is 31.3 Å². The maximum absolute atomic E-state index is 11.8. The number of rotatable bonds is 10. The maximum Gasteiger partial charge on any atom is 0.333 e. The van der Waals surface area contributed by atoms with Gasteiger partial charge in [0.1, 0.15) is 13.2 Å². The minimum Gasteiger partial charge on any atom is -0.462 e. The van der Waals surface area contributed by atoms with Crippen LogP contribution in [0.25, 0.3) is 0 Å². The van der Waals surface area contributed by atoms with E-state index in [1.54, 1.807) is 6.92 Å². The second-order valence-electron chi connectivity index (χ2n) is 4.47. The van der Waals surface area contributed by atoms with Crippen LogP contribution in [0.15, 0.2) is 12.2 Å². The topological polar surface area (TPSA) is 52.6 Å². The molecule has 0 aliphatic rings. The van der Waals surface area contributed by atoms with Crippen molar-refractivity contribution in [3.63, 3.8) is 0 Å². The molecule has 19 heavy (non-hydrogen) atoms. The van der Waals surface area contributed by atoms with Crippen molar-refractivity contribution in [2.75, 3.05) is 19.4 Å². The monoisotopic (exact) mass is 288 g/mol. The Morgan fingerprint density at radius 3 is 2.37 bits per heavy atom. The van der Waals surface area contributed by atoms with Crippen LogP contribution < -0.4 is 0 Å². The highest BCUT2D eigenvalue weighted by Crippen LogP contribution is 2.15. The van der Waals surface area contributed by atoms with Crippen molar-refractivity contribution < 1.29 is 19.1 Å². The zero-order valence-corrected chi connectivity index (χ0v) is 13.1. The molecule has 0 heterocycles. The van der Waals surface area contributed by atoms with Gasteiger partial charge in [-0.05, 0) is 32.3 Å². The minimum absolute atomic E-state index is 0.0478. The van der Waals surface area contributed by atoms with E-state index < -0.39 is 5.97 Å². The summed E-state index contributed by atoms with van der Waals surface area (Å²) in [5, 5.41) is 0. The summed E-state index contributed by atoms with van der Waals surface area (Å²) in [5.74, 6) is -0.699. The molecule has 0 aromatic carbocycles. The number of esters is 2. The lowest BCUT2D eigenvalue weighted by Crippen LogP contribution is -2.20. The molecule has 0 spiro atoms. The molecule has 0 saturated carbocycles. The van der Waals surface area contributed by atoms with Crippen LogP contribution >= 0.6 is 9.24 Å². The largest absolute Gasteiger partial charge is 0.462 e. The Hall–Kier alpha value is -0.890. The van der Waals surface area contributed by atoms with Gasteiger partial charge in [-0.15, -0.1) is 9.24 Å². The molecule has 5 heteroatoms. The van der Waals surface area contributed by atoms with Gasteiger partial charge in [0.2, 0.25) is 0 Å². The van der Waals surface area contributed by atoms with Crippen LogP contribution in [0.2, 0.25) is 0 Å². The summed E-state index contributed by atoms with van der Waals surface area (Å²) < 4.78 is 9.95. The molecule has 0 amide bonds. The standard InChI is InChI=1S/C14H25O4P/c1-4-12(7-5-6-10-19)14(16)18-9-8-17-13(15)11(2)3/h12H,2,4-10,19H2,1,3H3. The van der Waals surface area contributed by atoms with Crippen molar-refractivity contribution in [2.45, 2.75) is 39.5 Å². The molecule has 110 valence electrons. The van der Waals surface area contributed by atoms with Gasteiger partial charge in [0, 0.05) is 5.57 Å². The van der Waals surface area contributed by atoms with Crippen molar-refractivity contribution in [3.05, 3.63) is 12.2 Å². The van der Waals surface area contributed by atoms with E-state index in [2.05, 4.69) is 15.8 Å². The molecular weight excluding hydrogens is 263 g/mol. The summed E-state index contributed by atoms with van der Waals surface area (Å²) in [6.45, 7) is 7.22. The fourth-order valence-electron chi connectivity index (χ4n) is 1.54. The van der Waals surface area contributed by atoms with E-state index in [4.69, 9.17) is 9.47 Å². The van der Waals surface area contributed by atoms with Crippen LogP contribution in [0, 0.1) is 5.92 Å². The number of hydrogen-bond acceptors (Lipinski definition) is 4. The molecular formula is C14H25O4P. The Labute approximate surface area is 118 Å². The summed E-state index contributed by atoms with van der Waals surface area (Å²) in [7, 11) is 2.68. The average Bonchev–Trinajstić information content (AvgIpc) is 2.39. The van der Waals surface area contributed by atoms with Crippen molar-refractivity contribution in [3.8, 4) is 0 Å². The summed E-state index contributed by atoms with van der Waals surface area (Å²) >= 11 is 0. The lowest BCUT2D eigenvalue weighted by Gasteiger charge is -2.14. The van der Waals surface area contributed by atoms with Crippen LogP contribution in [-0.2, 0) is 19.1 Å². The lowest BCUT2D eigenvalue weighted by molar-refractivity contribution is -0.153. The first kappa shape index (κ1) is 18.1. The zero-order valence-electron chi connectivity index (χ0n) is 11.9. The first-order valence-corrected chi connectivity index (χ1v) is 7.53. The van der Waals surface area contributed by atoms with Gasteiger partial charge in [-0.2, -0.15) is 0 Å². The molecule has 0 N–H and O–H groups in total. The van der Waals surface area contributed by atoms with Crippen LogP contribution in [0.5, 0.6) is 0 Å². The molecule has 0 aromatic rings. The highest BCUT2D eigenvalue weighted by molar-refractivity contribution is 7.16. The Balaban J connectivity index is 3.81. The van der Waals surface area contributed by atoms with Crippen molar-refractivity contribution in [2.24, 2.45) is 5.92 Å². The summed E-state index contributed by atoms with van der Waals surface area (Å²) in [6, 6.07) is 0. The van der Waals surface area contributed by atoms with Crippen molar-refractivity contribution >= 4 is 21.2 Å². The second kappa shape index (κ2) is 11.0. The maximum atomic E-state index is 11.8. The zero-order chi connectivity index (χ0) is 14.7. The third-order valence-electron chi connectivity index (χ3n) is 2.74. The molecule has 0 radical (unpaired) electrons. The first-order valence-electron chi connectivity index (χ1n) is 6.72. The number of ether oxygens (including phenoxy) is 2. The number of hydrogen-bond donors (Lipinski definition) is 0.